The summed E-state index contributed by atoms with van der Waals surface area (Å²) in [4.78, 5) is 12.4. The van der Waals surface area contributed by atoms with Gasteiger partial charge in [-0.05, 0) is 24.3 Å². The van der Waals surface area contributed by atoms with Crippen LogP contribution in [0.5, 0.6) is 0 Å². The maximum atomic E-state index is 13.7. The summed E-state index contributed by atoms with van der Waals surface area (Å²) < 4.78 is 28.8. The zero-order valence-electron chi connectivity index (χ0n) is 12.9. The lowest BCUT2D eigenvalue weighted by molar-refractivity contribution is 0.0911. The van der Waals surface area contributed by atoms with E-state index < -0.39 is 29.2 Å². The minimum atomic E-state index is -1.51. The molecule has 3 rings (SSSR count). The highest BCUT2D eigenvalue weighted by Gasteiger charge is 2.20. The molecule has 0 fully saturated rings. The Morgan fingerprint density at radius 2 is 1.88 bits per heavy atom. The summed E-state index contributed by atoms with van der Waals surface area (Å²) >= 11 is 0. The van der Waals surface area contributed by atoms with Gasteiger partial charge in [-0.3, -0.25) is 4.79 Å². The third-order valence-corrected chi connectivity index (χ3v) is 3.61. The first-order valence-electron chi connectivity index (χ1n) is 7.44. The molecule has 2 N–H and O–H groups in total. The molecule has 0 saturated heterocycles. The van der Waals surface area contributed by atoms with Gasteiger partial charge in [-0.15, -0.1) is 5.10 Å². The smallest absolute Gasteiger partial charge is 0.253 e. The molecule has 0 saturated carbocycles. The Morgan fingerprint density at radius 1 is 1.16 bits per heavy atom. The topological polar surface area (TPSA) is 80.0 Å². The van der Waals surface area contributed by atoms with Crippen LogP contribution in [0.25, 0.3) is 5.69 Å². The van der Waals surface area contributed by atoms with Crippen LogP contribution in [0.2, 0.25) is 0 Å². The molecule has 25 heavy (non-hydrogen) atoms. The number of benzene rings is 2. The van der Waals surface area contributed by atoms with Gasteiger partial charge in [-0.1, -0.05) is 23.4 Å². The van der Waals surface area contributed by atoms with Crippen LogP contribution >= 0.6 is 0 Å². The fourth-order valence-corrected chi connectivity index (χ4v) is 2.42. The summed E-state index contributed by atoms with van der Waals surface area (Å²) in [6.07, 6.45) is 1.54. The fraction of sp³-hybridized carbons (Fsp3) is 0.118. The number of nitrogens with one attached hydrogen (secondary N) is 1. The minimum absolute atomic E-state index is 0.286. The van der Waals surface area contributed by atoms with Gasteiger partial charge in [0.2, 0.25) is 0 Å². The van der Waals surface area contributed by atoms with E-state index >= 15 is 0 Å². The van der Waals surface area contributed by atoms with E-state index in [0.717, 1.165) is 12.1 Å². The Morgan fingerprint density at radius 3 is 2.56 bits per heavy atom. The minimum Gasteiger partial charge on any atom is -0.386 e. The van der Waals surface area contributed by atoms with Crippen molar-refractivity contribution in [1.29, 1.82) is 0 Å². The molecule has 8 heteroatoms. The second kappa shape index (κ2) is 7.18. The molecule has 1 heterocycles. The highest BCUT2D eigenvalue weighted by molar-refractivity contribution is 5.97. The largest absolute Gasteiger partial charge is 0.386 e. The van der Waals surface area contributed by atoms with Gasteiger partial charge in [-0.2, -0.15) is 0 Å². The molecular weight excluding hydrogens is 330 g/mol. The molecule has 0 aliphatic rings. The molecule has 0 unspecified atom stereocenters. The van der Waals surface area contributed by atoms with Gasteiger partial charge in [-0.25, -0.2) is 13.5 Å². The second-order valence-corrected chi connectivity index (χ2v) is 5.23. The van der Waals surface area contributed by atoms with E-state index in [1.54, 1.807) is 30.5 Å². The third-order valence-electron chi connectivity index (χ3n) is 3.61. The Bertz CT molecular complexity index is 864. The molecule has 6 nitrogen and oxygen atoms in total. The summed E-state index contributed by atoms with van der Waals surface area (Å²) in [5, 5.41) is 20.0. The lowest BCUT2D eigenvalue weighted by Gasteiger charge is -2.15. The Kier molecular flexibility index (Phi) is 4.80. The Balaban J connectivity index is 1.76. The van der Waals surface area contributed by atoms with Crippen molar-refractivity contribution in [2.45, 2.75) is 6.10 Å². The molecule has 0 radical (unpaired) electrons. The van der Waals surface area contributed by atoms with Gasteiger partial charge < -0.3 is 10.4 Å². The van der Waals surface area contributed by atoms with E-state index in [1.807, 2.05) is 0 Å². The number of aliphatic hydroxyl groups is 1. The number of para-hydroxylation sites is 1. The van der Waals surface area contributed by atoms with E-state index in [1.165, 1.54) is 16.9 Å². The summed E-state index contributed by atoms with van der Waals surface area (Å²) in [7, 11) is 0. The van der Waals surface area contributed by atoms with Gasteiger partial charge >= 0.3 is 0 Å². The quantitative estimate of drug-likeness (QED) is 0.742. The van der Waals surface area contributed by atoms with Crippen LogP contribution in [0, 0.1) is 11.6 Å². The molecule has 3 aromatic rings. The van der Waals surface area contributed by atoms with Crippen LogP contribution < -0.4 is 5.32 Å². The Labute approximate surface area is 141 Å². The van der Waals surface area contributed by atoms with Crippen LogP contribution in [-0.2, 0) is 0 Å². The normalized spacial score (nSPS) is 12.0. The zero-order valence-corrected chi connectivity index (χ0v) is 12.9. The molecule has 0 spiro atoms. The molecule has 1 aromatic heterocycles. The zero-order chi connectivity index (χ0) is 17.8. The average Bonchev–Trinajstić information content (AvgIpc) is 3.14. The number of rotatable bonds is 5. The van der Waals surface area contributed by atoms with E-state index in [9.17, 15) is 18.7 Å². The van der Waals surface area contributed by atoms with Gasteiger partial charge in [0.1, 0.15) is 17.7 Å². The number of halogens is 2. The van der Waals surface area contributed by atoms with Gasteiger partial charge in [0.05, 0.1) is 29.2 Å². The molecule has 0 bridgehead atoms. The lowest BCUT2D eigenvalue weighted by atomic mass is 10.1. The van der Waals surface area contributed by atoms with Crippen molar-refractivity contribution in [2.75, 3.05) is 6.54 Å². The van der Waals surface area contributed by atoms with Gasteiger partial charge in [0.15, 0.2) is 0 Å². The summed E-state index contributed by atoms with van der Waals surface area (Å²) in [6.45, 7) is -0.345. The van der Waals surface area contributed by atoms with E-state index in [-0.39, 0.29) is 12.1 Å². The van der Waals surface area contributed by atoms with Crippen LogP contribution in [-0.4, -0.2) is 32.6 Å². The number of aliphatic hydroxyl groups excluding tert-OH is 1. The molecular formula is C17H14F2N4O2. The van der Waals surface area contributed by atoms with Crippen LogP contribution in [0.4, 0.5) is 8.78 Å². The van der Waals surface area contributed by atoms with Crippen molar-refractivity contribution in [3.63, 3.8) is 0 Å². The monoisotopic (exact) mass is 344 g/mol. The van der Waals surface area contributed by atoms with Gasteiger partial charge in [0.25, 0.3) is 5.91 Å². The van der Waals surface area contributed by atoms with Crippen LogP contribution in [0.15, 0.2) is 54.9 Å². The van der Waals surface area contributed by atoms with E-state index in [0.29, 0.717) is 5.69 Å². The lowest BCUT2D eigenvalue weighted by Crippen LogP contribution is -2.30. The first-order valence-corrected chi connectivity index (χ1v) is 7.44. The van der Waals surface area contributed by atoms with Crippen molar-refractivity contribution >= 4 is 5.91 Å². The maximum Gasteiger partial charge on any atom is 0.253 e. The number of nitrogens with zero attached hydrogens (tertiary/aromatic N) is 3. The molecule has 0 aliphatic carbocycles. The number of amides is 1. The maximum absolute atomic E-state index is 13.7. The Hall–Kier alpha value is -3.13. The molecule has 0 aliphatic heterocycles. The molecule has 1 amide bonds. The average molecular weight is 344 g/mol. The van der Waals surface area contributed by atoms with Crippen molar-refractivity contribution in [1.82, 2.24) is 20.3 Å². The number of hydrogen-bond donors (Lipinski definition) is 2. The SMILES string of the molecule is O=C(NC[C@H](O)c1c(F)cccc1F)c1ccccc1-n1ccnn1. The highest BCUT2D eigenvalue weighted by Crippen LogP contribution is 2.20. The van der Waals surface area contributed by atoms with Crippen LogP contribution in [0.3, 0.4) is 0 Å². The van der Waals surface area contributed by atoms with E-state index in [2.05, 4.69) is 15.6 Å². The molecule has 1 atom stereocenters. The molecule has 128 valence electrons. The predicted molar refractivity (Wildman–Crippen MR) is 85.0 cm³/mol. The summed E-state index contributed by atoms with van der Waals surface area (Å²) in [5.41, 5.74) is 0.297. The number of carbonyl (C=O) groups excluding carboxylic acids is 1. The number of carbonyl (C=O) groups is 1. The van der Waals surface area contributed by atoms with Crippen molar-refractivity contribution < 1.29 is 18.7 Å². The number of aromatic nitrogens is 3. The van der Waals surface area contributed by atoms with Crippen molar-refractivity contribution in [2.24, 2.45) is 0 Å². The highest BCUT2D eigenvalue weighted by atomic mass is 19.1. The molecule has 2 aromatic carbocycles. The fourth-order valence-electron chi connectivity index (χ4n) is 2.42. The van der Waals surface area contributed by atoms with Gasteiger partial charge in [0, 0.05) is 6.54 Å². The second-order valence-electron chi connectivity index (χ2n) is 5.23. The van der Waals surface area contributed by atoms with Crippen molar-refractivity contribution in [3.8, 4) is 5.69 Å². The first-order chi connectivity index (χ1) is 12.1. The summed E-state index contributed by atoms with van der Waals surface area (Å²) in [5.74, 6) is -2.25. The first kappa shape index (κ1) is 16.7. The third kappa shape index (κ3) is 3.53. The number of hydrogen-bond acceptors (Lipinski definition) is 4. The van der Waals surface area contributed by atoms with Crippen molar-refractivity contribution in [3.05, 3.63) is 77.6 Å². The predicted octanol–water partition coefficient (Wildman–Crippen LogP) is 2.01. The standard InChI is InChI=1S/C17H14F2N4O2/c18-12-5-3-6-13(19)16(12)15(24)10-20-17(25)11-4-1-2-7-14(11)23-9-8-21-22-23/h1-9,15,24H,10H2,(H,20,25)/t15-/m0/s1. The van der Waals surface area contributed by atoms with E-state index in [4.69, 9.17) is 0 Å². The van der Waals surface area contributed by atoms with Crippen LogP contribution in [0.1, 0.15) is 22.0 Å². The summed E-state index contributed by atoms with van der Waals surface area (Å²) in [6, 6.07) is 9.94.